The fourth-order valence-electron chi connectivity index (χ4n) is 2.89. The van der Waals surface area contributed by atoms with Crippen molar-refractivity contribution in [2.45, 2.75) is 26.3 Å². The van der Waals surface area contributed by atoms with Crippen LogP contribution in [0.4, 0.5) is 0 Å². The molecule has 9 heteroatoms. The second-order valence-electron chi connectivity index (χ2n) is 6.46. The van der Waals surface area contributed by atoms with Gasteiger partial charge in [-0.1, -0.05) is 37.8 Å². The molecular formula is C19H23NO6S2. The summed E-state index contributed by atoms with van der Waals surface area (Å²) in [5.74, 6) is -0.107. The van der Waals surface area contributed by atoms with E-state index < -0.39 is 17.9 Å². The van der Waals surface area contributed by atoms with E-state index in [0.717, 1.165) is 11.8 Å². The number of ether oxygens (including phenoxy) is 3. The Morgan fingerprint density at radius 1 is 1.21 bits per heavy atom. The molecule has 0 saturated carbocycles. The average Bonchev–Trinajstić information content (AvgIpc) is 2.92. The summed E-state index contributed by atoms with van der Waals surface area (Å²) in [6.07, 6.45) is 1.93. The molecule has 0 aliphatic carbocycles. The minimum atomic E-state index is -1.07. The van der Waals surface area contributed by atoms with Gasteiger partial charge in [-0.3, -0.25) is 9.69 Å². The monoisotopic (exact) mass is 425 g/mol. The van der Waals surface area contributed by atoms with Crippen LogP contribution in [0.5, 0.6) is 17.2 Å². The molecule has 2 rings (SSSR count). The average molecular weight is 426 g/mol. The van der Waals surface area contributed by atoms with Gasteiger partial charge < -0.3 is 19.3 Å². The van der Waals surface area contributed by atoms with Crippen LogP contribution in [-0.4, -0.2) is 53.6 Å². The van der Waals surface area contributed by atoms with E-state index in [1.165, 1.54) is 26.2 Å². The molecule has 152 valence electrons. The number of hydrogen-bond acceptors (Lipinski definition) is 7. The summed E-state index contributed by atoms with van der Waals surface area (Å²) in [6.45, 7) is 3.80. The highest BCUT2D eigenvalue weighted by molar-refractivity contribution is 8.26. The van der Waals surface area contributed by atoms with Gasteiger partial charge in [-0.25, -0.2) is 4.79 Å². The molecule has 0 bridgehead atoms. The fraction of sp³-hybridized carbons (Fsp3) is 0.421. The Hall–Kier alpha value is -2.26. The van der Waals surface area contributed by atoms with Crippen LogP contribution in [0.3, 0.4) is 0 Å². The van der Waals surface area contributed by atoms with E-state index in [9.17, 15) is 14.7 Å². The van der Waals surface area contributed by atoms with Crippen molar-refractivity contribution in [3.63, 3.8) is 0 Å². The summed E-state index contributed by atoms with van der Waals surface area (Å²) >= 11 is 6.37. The number of rotatable bonds is 8. The third kappa shape index (κ3) is 4.41. The molecule has 1 unspecified atom stereocenters. The molecule has 1 saturated heterocycles. The topological polar surface area (TPSA) is 85.3 Å². The van der Waals surface area contributed by atoms with Gasteiger partial charge in [-0.05, 0) is 30.5 Å². The Morgan fingerprint density at radius 2 is 1.86 bits per heavy atom. The fourth-order valence-corrected chi connectivity index (χ4v) is 4.24. The molecule has 1 aromatic rings. The normalized spacial score (nSPS) is 16.6. The number of hydrogen-bond donors (Lipinski definition) is 1. The largest absolute Gasteiger partial charge is 0.493 e. The number of amides is 1. The van der Waals surface area contributed by atoms with E-state index in [-0.39, 0.29) is 10.2 Å². The van der Waals surface area contributed by atoms with Gasteiger partial charge in [-0.2, -0.15) is 0 Å². The van der Waals surface area contributed by atoms with E-state index in [1.807, 2.05) is 13.8 Å². The van der Waals surface area contributed by atoms with E-state index in [0.29, 0.717) is 34.1 Å². The molecule has 1 heterocycles. The number of carboxylic acid groups (broad SMARTS) is 1. The number of methoxy groups -OCH3 is 3. The van der Waals surface area contributed by atoms with Crippen molar-refractivity contribution in [3.8, 4) is 17.2 Å². The van der Waals surface area contributed by atoms with Crippen LogP contribution in [0, 0.1) is 5.92 Å². The highest BCUT2D eigenvalue weighted by Gasteiger charge is 2.40. The standard InChI is InChI=1S/C19H23NO6S2/c1-10(2)8-12(18(22)23)20-17(21)14(28-19(20)27)9-11-6-7-13(24-3)16(26-5)15(11)25-4/h6-7,9-10,12H,8H2,1-5H3,(H,22,23)/b14-9-. The lowest BCUT2D eigenvalue weighted by Gasteiger charge is -2.24. The Morgan fingerprint density at radius 3 is 2.36 bits per heavy atom. The number of nitrogens with zero attached hydrogens (tertiary/aromatic N) is 1. The Kier molecular flexibility index (Phi) is 7.31. The van der Waals surface area contributed by atoms with Crippen LogP contribution in [-0.2, 0) is 9.59 Å². The molecule has 7 nitrogen and oxygen atoms in total. The maximum Gasteiger partial charge on any atom is 0.326 e. The van der Waals surface area contributed by atoms with Gasteiger partial charge in [0.15, 0.2) is 11.5 Å². The van der Waals surface area contributed by atoms with E-state index in [4.69, 9.17) is 26.4 Å². The number of benzene rings is 1. The van der Waals surface area contributed by atoms with Gasteiger partial charge >= 0.3 is 5.97 Å². The van der Waals surface area contributed by atoms with Crippen molar-refractivity contribution in [3.05, 3.63) is 22.6 Å². The number of carboxylic acids is 1. The summed E-state index contributed by atoms with van der Waals surface area (Å²) in [7, 11) is 4.50. The zero-order chi connectivity index (χ0) is 21.0. The van der Waals surface area contributed by atoms with E-state index >= 15 is 0 Å². The number of aliphatic carboxylic acids is 1. The molecule has 1 aromatic carbocycles. The minimum absolute atomic E-state index is 0.0978. The van der Waals surface area contributed by atoms with Gasteiger partial charge in [-0.15, -0.1) is 0 Å². The molecule has 0 radical (unpaired) electrons. The first-order chi connectivity index (χ1) is 13.2. The quantitative estimate of drug-likeness (QED) is 0.501. The first-order valence-corrected chi connectivity index (χ1v) is 9.76. The first kappa shape index (κ1) is 22.0. The number of carbonyl (C=O) groups is 2. The summed E-state index contributed by atoms with van der Waals surface area (Å²) in [5, 5.41) is 9.57. The lowest BCUT2D eigenvalue weighted by atomic mass is 10.0. The lowest BCUT2D eigenvalue weighted by Crippen LogP contribution is -2.44. The third-order valence-electron chi connectivity index (χ3n) is 4.14. The van der Waals surface area contributed by atoms with Crippen LogP contribution >= 0.6 is 24.0 Å². The predicted octanol–water partition coefficient (Wildman–Crippen LogP) is 3.41. The predicted molar refractivity (Wildman–Crippen MR) is 112 cm³/mol. The molecule has 0 spiro atoms. The van der Waals surface area contributed by atoms with Crippen molar-refractivity contribution >= 4 is 46.3 Å². The molecule has 1 N–H and O–H groups in total. The van der Waals surface area contributed by atoms with Gasteiger partial charge in [0.25, 0.3) is 5.91 Å². The second kappa shape index (κ2) is 9.29. The van der Waals surface area contributed by atoms with Gasteiger partial charge in [0.05, 0.1) is 26.2 Å². The van der Waals surface area contributed by atoms with Gasteiger partial charge in [0.1, 0.15) is 10.4 Å². The third-order valence-corrected chi connectivity index (χ3v) is 5.47. The Balaban J connectivity index is 2.45. The molecule has 0 aromatic heterocycles. The molecule has 1 atom stereocenters. The summed E-state index contributed by atoms with van der Waals surface area (Å²) in [4.78, 5) is 26.1. The maximum atomic E-state index is 12.9. The number of carbonyl (C=O) groups excluding carboxylic acids is 1. The molecule has 28 heavy (non-hydrogen) atoms. The lowest BCUT2D eigenvalue weighted by molar-refractivity contribution is -0.145. The van der Waals surface area contributed by atoms with Crippen molar-refractivity contribution in [1.82, 2.24) is 4.90 Å². The van der Waals surface area contributed by atoms with Crippen LogP contribution in [0.1, 0.15) is 25.8 Å². The number of thioether (sulfide) groups is 1. The number of thiocarbonyl (C=S) groups is 1. The van der Waals surface area contributed by atoms with Crippen molar-refractivity contribution in [2.24, 2.45) is 5.92 Å². The molecule has 1 amide bonds. The molecule has 1 fully saturated rings. The van der Waals surface area contributed by atoms with Crippen LogP contribution in [0.2, 0.25) is 0 Å². The van der Waals surface area contributed by atoms with Crippen LogP contribution in [0.15, 0.2) is 17.0 Å². The Labute approximate surface area is 173 Å². The van der Waals surface area contributed by atoms with Crippen LogP contribution in [0.25, 0.3) is 6.08 Å². The first-order valence-electron chi connectivity index (χ1n) is 8.53. The highest BCUT2D eigenvalue weighted by Crippen LogP contribution is 2.42. The second-order valence-corrected chi connectivity index (χ2v) is 8.13. The summed E-state index contributed by atoms with van der Waals surface area (Å²) in [5.41, 5.74) is 0.594. The van der Waals surface area contributed by atoms with E-state index in [1.54, 1.807) is 18.2 Å². The minimum Gasteiger partial charge on any atom is -0.493 e. The zero-order valence-electron chi connectivity index (χ0n) is 16.3. The smallest absolute Gasteiger partial charge is 0.326 e. The zero-order valence-corrected chi connectivity index (χ0v) is 18.0. The Bertz CT molecular complexity index is 821. The van der Waals surface area contributed by atoms with Crippen molar-refractivity contribution in [1.29, 1.82) is 0 Å². The maximum absolute atomic E-state index is 12.9. The van der Waals surface area contributed by atoms with Crippen molar-refractivity contribution < 1.29 is 28.9 Å². The highest BCUT2D eigenvalue weighted by atomic mass is 32.2. The summed E-state index contributed by atoms with van der Waals surface area (Å²) in [6, 6.07) is 2.44. The molecule has 1 aliphatic rings. The molecule has 1 aliphatic heterocycles. The summed E-state index contributed by atoms with van der Waals surface area (Å²) < 4.78 is 16.3. The van der Waals surface area contributed by atoms with Gasteiger partial charge in [0, 0.05) is 5.56 Å². The van der Waals surface area contributed by atoms with Crippen molar-refractivity contribution in [2.75, 3.05) is 21.3 Å². The molecular weight excluding hydrogens is 402 g/mol. The van der Waals surface area contributed by atoms with Crippen LogP contribution < -0.4 is 14.2 Å². The SMILES string of the molecule is COc1ccc(/C=C2\SC(=S)N(C(CC(C)C)C(=O)O)C2=O)c(OC)c1OC. The van der Waals surface area contributed by atoms with E-state index in [2.05, 4.69) is 0 Å². The van der Waals surface area contributed by atoms with Gasteiger partial charge in [0.2, 0.25) is 5.75 Å².